The van der Waals surface area contributed by atoms with Gasteiger partial charge in [-0.15, -0.1) is 0 Å². The van der Waals surface area contributed by atoms with E-state index in [9.17, 15) is 13.6 Å². The van der Waals surface area contributed by atoms with Crippen LogP contribution in [0.5, 0.6) is 5.88 Å². The van der Waals surface area contributed by atoms with Crippen LogP contribution in [0.15, 0.2) is 6.07 Å². The quantitative estimate of drug-likeness (QED) is 0.820. The third-order valence-electron chi connectivity index (χ3n) is 1.95. The van der Waals surface area contributed by atoms with E-state index in [1.54, 1.807) is 6.92 Å². The molecule has 0 bridgehead atoms. The van der Waals surface area contributed by atoms with Crippen molar-refractivity contribution in [1.82, 2.24) is 4.98 Å². The summed E-state index contributed by atoms with van der Waals surface area (Å²) in [5, 5.41) is 0. The molecular weight excluding hydrogens is 234 g/mol. The van der Waals surface area contributed by atoms with Crippen LogP contribution in [-0.4, -0.2) is 24.7 Å². The van der Waals surface area contributed by atoms with E-state index in [0.717, 1.165) is 0 Å². The molecule has 0 saturated heterocycles. The van der Waals surface area contributed by atoms with Crippen LogP contribution < -0.4 is 10.5 Å². The fourth-order valence-corrected chi connectivity index (χ4v) is 1.25. The number of nitrogens with zero attached hydrogens (tertiary/aromatic N) is 1. The number of ether oxygens (including phenoxy) is 2. The summed E-state index contributed by atoms with van der Waals surface area (Å²) in [5.41, 5.74) is 4.21. The number of hydrogen-bond acceptors (Lipinski definition) is 5. The SMILES string of the molecule is CCOC(=O)c1c(N)cc(OC)nc1C(F)F. The minimum atomic E-state index is -2.94. The first-order valence-electron chi connectivity index (χ1n) is 4.80. The number of anilines is 1. The fraction of sp³-hybridized carbons (Fsp3) is 0.400. The maximum atomic E-state index is 12.7. The van der Waals surface area contributed by atoms with E-state index >= 15 is 0 Å². The van der Waals surface area contributed by atoms with Gasteiger partial charge in [0.2, 0.25) is 5.88 Å². The molecule has 0 amide bonds. The highest BCUT2D eigenvalue weighted by Crippen LogP contribution is 2.29. The van der Waals surface area contributed by atoms with Crippen LogP contribution in [-0.2, 0) is 4.74 Å². The van der Waals surface area contributed by atoms with Crippen LogP contribution in [0.2, 0.25) is 0 Å². The van der Waals surface area contributed by atoms with E-state index in [0.29, 0.717) is 0 Å². The Hall–Kier alpha value is -1.92. The van der Waals surface area contributed by atoms with Crippen molar-refractivity contribution in [2.24, 2.45) is 0 Å². The summed E-state index contributed by atoms with van der Waals surface area (Å²) in [7, 11) is 1.26. The van der Waals surface area contributed by atoms with Crippen molar-refractivity contribution in [2.75, 3.05) is 19.5 Å². The lowest BCUT2D eigenvalue weighted by atomic mass is 10.1. The van der Waals surface area contributed by atoms with Crippen molar-refractivity contribution in [2.45, 2.75) is 13.3 Å². The van der Waals surface area contributed by atoms with Gasteiger partial charge < -0.3 is 15.2 Å². The molecule has 0 aliphatic rings. The van der Waals surface area contributed by atoms with E-state index in [-0.39, 0.29) is 18.2 Å². The molecular formula is C10H12F2N2O3. The zero-order valence-corrected chi connectivity index (χ0v) is 9.37. The molecule has 7 heteroatoms. The first kappa shape index (κ1) is 13.1. The minimum Gasteiger partial charge on any atom is -0.481 e. The van der Waals surface area contributed by atoms with E-state index in [1.165, 1.54) is 13.2 Å². The summed E-state index contributed by atoms with van der Waals surface area (Å²) in [6.07, 6.45) is -2.94. The molecule has 1 aromatic rings. The molecule has 0 saturated carbocycles. The lowest BCUT2D eigenvalue weighted by Gasteiger charge is -2.11. The number of methoxy groups -OCH3 is 1. The van der Waals surface area contributed by atoms with Crippen LogP contribution in [0.1, 0.15) is 29.4 Å². The topological polar surface area (TPSA) is 74.4 Å². The van der Waals surface area contributed by atoms with Gasteiger partial charge >= 0.3 is 5.97 Å². The number of aromatic nitrogens is 1. The molecule has 94 valence electrons. The fourth-order valence-electron chi connectivity index (χ4n) is 1.25. The van der Waals surface area contributed by atoms with E-state index in [2.05, 4.69) is 9.72 Å². The first-order valence-corrected chi connectivity index (χ1v) is 4.80. The molecule has 0 aliphatic carbocycles. The molecule has 0 fully saturated rings. The van der Waals surface area contributed by atoms with Crippen LogP contribution >= 0.6 is 0 Å². The summed E-state index contributed by atoms with van der Waals surface area (Å²) in [6.45, 7) is 1.63. The molecule has 2 N–H and O–H groups in total. The summed E-state index contributed by atoms with van der Waals surface area (Å²) in [4.78, 5) is 15.0. The molecule has 1 aromatic heterocycles. The summed E-state index contributed by atoms with van der Waals surface area (Å²) in [5.74, 6) is -0.999. The standard InChI is InChI=1S/C10H12F2N2O3/c1-3-17-10(15)7-5(13)4-6(16-2)14-8(7)9(11)12/h4,9H,3H2,1-2H3,(H2,13,14). The predicted octanol–water partition coefficient (Wildman–Crippen LogP) is 1.79. The average Bonchev–Trinajstić information content (AvgIpc) is 2.27. The van der Waals surface area contributed by atoms with Crippen LogP contribution in [0.25, 0.3) is 0 Å². The number of carbonyl (C=O) groups excluding carboxylic acids is 1. The summed E-state index contributed by atoms with van der Waals surface area (Å²) < 4.78 is 34.8. The van der Waals surface area contributed by atoms with Crippen molar-refractivity contribution in [3.8, 4) is 5.88 Å². The van der Waals surface area contributed by atoms with Gasteiger partial charge in [-0.3, -0.25) is 0 Å². The zero-order valence-electron chi connectivity index (χ0n) is 9.37. The first-order chi connectivity index (χ1) is 8.01. The second kappa shape index (κ2) is 5.42. The zero-order chi connectivity index (χ0) is 13.0. The largest absolute Gasteiger partial charge is 0.481 e. The minimum absolute atomic E-state index is 0.0625. The average molecular weight is 246 g/mol. The van der Waals surface area contributed by atoms with Gasteiger partial charge in [-0.05, 0) is 6.92 Å². The number of nitrogens with two attached hydrogens (primary N) is 1. The smallest absolute Gasteiger partial charge is 0.342 e. The highest BCUT2D eigenvalue weighted by Gasteiger charge is 2.25. The highest BCUT2D eigenvalue weighted by atomic mass is 19.3. The van der Waals surface area contributed by atoms with Gasteiger partial charge in [0.25, 0.3) is 6.43 Å². The van der Waals surface area contributed by atoms with Crippen LogP contribution in [0, 0.1) is 0 Å². The number of halogens is 2. The highest BCUT2D eigenvalue weighted by molar-refractivity contribution is 5.96. The Morgan fingerprint density at radius 2 is 2.24 bits per heavy atom. The molecule has 0 aromatic carbocycles. The van der Waals surface area contributed by atoms with Crippen molar-refractivity contribution >= 4 is 11.7 Å². The van der Waals surface area contributed by atoms with E-state index in [1.807, 2.05) is 0 Å². The number of rotatable bonds is 4. The second-order valence-corrected chi connectivity index (χ2v) is 3.04. The Morgan fingerprint density at radius 1 is 1.59 bits per heavy atom. The van der Waals surface area contributed by atoms with Crippen LogP contribution in [0.4, 0.5) is 14.5 Å². The van der Waals surface area contributed by atoms with Gasteiger partial charge in [0.15, 0.2) is 0 Å². The lowest BCUT2D eigenvalue weighted by Crippen LogP contribution is -2.13. The molecule has 0 spiro atoms. The maximum Gasteiger partial charge on any atom is 0.342 e. The van der Waals surface area contributed by atoms with Crippen molar-refractivity contribution in [3.63, 3.8) is 0 Å². The van der Waals surface area contributed by atoms with Crippen molar-refractivity contribution in [1.29, 1.82) is 0 Å². The molecule has 1 rings (SSSR count). The predicted molar refractivity (Wildman–Crippen MR) is 56.1 cm³/mol. The number of carbonyl (C=O) groups is 1. The molecule has 0 radical (unpaired) electrons. The lowest BCUT2D eigenvalue weighted by molar-refractivity contribution is 0.0514. The van der Waals surface area contributed by atoms with Crippen molar-refractivity contribution < 1.29 is 23.0 Å². The number of nitrogen functional groups attached to an aromatic ring is 1. The number of hydrogen-bond donors (Lipinski definition) is 1. The Bertz CT molecular complexity index is 424. The van der Waals surface area contributed by atoms with Gasteiger partial charge in [0.05, 0.1) is 19.4 Å². The molecule has 0 aliphatic heterocycles. The number of pyridine rings is 1. The normalized spacial score (nSPS) is 10.4. The van der Waals surface area contributed by atoms with Gasteiger partial charge in [-0.25, -0.2) is 18.6 Å². The second-order valence-electron chi connectivity index (χ2n) is 3.04. The number of esters is 1. The Morgan fingerprint density at radius 3 is 2.71 bits per heavy atom. The van der Waals surface area contributed by atoms with Gasteiger partial charge in [-0.2, -0.15) is 0 Å². The molecule has 17 heavy (non-hydrogen) atoms. The van der Waals surface area contributed by atoms with Crippen LogP contribution in [0.3, 0.4) is 0 Å². The maximum absolute atomic E-state index is 12.7. The molecule has 0 atom stereocenters. The Labute approximate surface area is 96.5 Å². The van der Waals surface area contributed by atoms with Gasteiger partial charge in [0.1, 0.15) is 11.3 Å². The van der Waals surface area contributed by atoms with Gasteiger partial charge in [-0.1, -0.05) is 0 Å². The monoisotopic (exact) mass is 246 g/mol. The summed E-state index contributed by atoms with van der Waals surface area (Å²) >= 11 is 0. The number of alkyl halides is 2. The third-order valence-corrected chi connectivity index (χ3v) is 1.95. The molecule has 0 unspecified atom stereocenters. The van der Waals surface area contributed by atoms with Gasteiger partial charge in [0, 0.05) is 6.07 Å². The Balaban J connectivity index is 3.31. The third kappa shape index (κ3) is 2.80. The van der Waals surface area contributed by atoms with Crippen molar-refractivity contribution in [3.05, 3.63) is 17.3 Å². The molecule has 5 nitrogen and oxygen atoms in total. The van der Waals surface area contributed by atoms with E-state index < -0.39 is 23.7 Å². The molecule has 1 heterocycles. The summed E-state index contributed by atoms with van der Waals surface area (Å²) in [6, 6.07) is 1.19. The Kier molecular flexibility index (Phi) is 4.19. The van der Waals surface area contributed by atoms with E-state index in [4.69, 9.17) is 10.5 Å².